The molecule has 3 N–H and O–H groups in total. The van der Waals surface area contributed by atoms with Crippen LogP contribution in [0, 0.1) is 0 Å². The SMILES string of the molecule is CC(c1ccccc1)N1CC(CO)NCC1CO. The van der Waals surface area contributed by atoms with Gasteiger partial charge in [-0.25, -0.2) is 0 Å². The average Bonchev–Trinajstić information content (AvgIpc) is 2.46. The zero-order valence-electron chi connectivity index (χ0n) is 10.8. The largest absolute Gasteiger partial charge is 0.395 e. The maximum atomic E-state index is 9.47. The van der Waals surface area contributed by atoms with Gasteiger partial charge in [-0.15, -0.1) is 0 Å². The van der Waals surface area contributed by atoms with E-state index in [4.69, 9.17) is 0 Å². The van der Waals surface area contributed by atoms with Crippen molar-refractivity contribution in [1.82, 2.24) is 10.2 Å². The first-order chi connectivity index (χ1) is 8.76. The zero-order valence-corrected chi connectivity index (χ0v) is 10.8. The maximum absolute atomic E-state index is 9.47. The van der Waals surface area contributed by atoms with E-state index in [1.807, 2.05) is 18.2 Å². The quantitative estimate of drug-likeness (QED) is 0.723. The highest BCUT2D eigenvalue weighted by atomic mass is 16.3. The van der Waals surface area contributed by atoms with E-state index >= 15 is 0 Å². The van der Waals surface area contributed by atoms with Gasteiger partial charge in [-0.1, -0.05) is 30.3 Å². The summed E-state index contributed by atoms with van der Waals surface area (Å²) in [5.74, 6) is 0. The molecule has 3 atom stereocenters. The molecule has 1 heterocycles. The second-order valence-electron chi connectivity index (χ2n) is 4.91. The smallest absolute Gasteiger partial charge is 0.0599 e. The number of hydrogen-bond acceptors (Lipinski definition) is 4. The number of benzene rings is 1. The van der Waals surface area contributed by atoms with Crippen LogP contribution in [0.4, 0.5) is 0 Å². The van der Waals surface area contributed by atoms with Crippen LogP contribution in [0.5, 0.6) is 0 Å². The molecule has 0 spiro atoms. The zero-order chi connectivity index (χ0) is 13.0. The fraction of sp³-hybridized carbons (Fsp3) is 0.571. The molecule has 4 nitrogen and oxygen atoms in total. The highest BCUT2D eigenvalue weighted by molar-refractivity contribution is 5.19. The van der Waals surface area contributed by atoms with Crippen molar-refractivity contribution in [2.45, 2.75) is 25.0 Å². The number of nitrogens with one attached hydrogen (secondary N) is 1. The number of nitrogens with zero attached hydrogens (tertiary/aromatic N) is 1. The van der Waals surface area contributed by atoms with Gasteiger partial charge in [0.15, 0.2) is 0 Å². The van der Waals surface area contributed by atoms with Gasteiger partial charge in [0.25, 0.3) is 0 Å². The average molecular weight is 250 g/mol. The first-order valence-corrected chi connectivity index (χ1v) is 6.52. The van der Waals surface area contributed by atoms with Crippen molar-refractivity contribution in [2.75, 3.05) is 26.3 Å². The van der Waals surface area contributed by atoms with Crippen molar-refractivity contribution >= 4 is 0 Å². The van der Waals surface area contributed by atoms with Crippen LogP contribution in [0.25, 0.3) is 0 Å². The van der Waals surface area contributed by atoms with E-state index < -0.39 is 0 Å². The van der Waals surface area contributed by atoms with Gasteiger partial charge in [-0.3, -0.25) is 4.90 Å². The molecule has 1 aromatic rings. The van der Waals surface area contributed by atoms with Crippen molar-refractivity contribution in [3.05, 3.63) is 35.9 Å². The predicted octanol–water partition coefficient (Wildman–Crippen LogP) is 0.375. The molecule has 1 saturated heterocycles. The van der Waals surface area contributed by atoms with E-state index in [9.17, 15) is 10.2 Å². The summed E-state index contributed by atoms with van der Waals surface area (Å²) in [6.45, 7) is 3.91. The van der Waals surface area contributed by atoms with Gasteiger partial charge in [0.1, 0.15) is 0 Å². The van der Waals surface area contributed by atoms with Gasteiger partial charge in [0.2, 0.25) is 0 Å². The van der Waals surface area contributed by atoms with Crippen LogP contribution in [-0.4, -0.2) is 53.5 Å². The number of aliphatic hydroxyl groups is 2. The van der Waals surface area contributed by atoms with Gasteiger partial charge in [-0.05, 0) is 12.5 Å². The Morgan fingerprint density at radius 2 is 2.00 bits per heavy atom. The van der Waals surface area contributed by atoms with Crippen molar-refractivity contribution in [3.8, 4) is 0 Å². The molecule has 4 heteroatoms. The molecule has 0 aromatic heterocycles. The molecule has 0 saturated carbocycles. The molecule has 1 fully saturated rings. The van der Waals surface area contributed by atoms with Crippen molar-refractivity contribution in [1.29, 1.82) is 0 Å². The summed E-state index contributed by atoms with van der Waals surface area (Å²) in [6, 6.07) is 10.7. The second kappa shape index (κ2) is 6.29. The number of rotatable bonds is 4. The summed E-state index contributed by atoms with van der Waals surface area (Å²) in [5.41, 5.74) is 1.24. The van der Waals surface area contributed by atoms with E-state index in [1.54, 1.807) is 0 Å². The lowest BCUT2D eigenvalue weighted by atomic mass is 10.0. The lowest BCUT2D eigenvalue weighted by Crippen LogP contribution is -2.59. The van der Waals surface area contributed by atoms with Gasteiger partial charge in [0.05, 0.1) is 13.2 Å². The molecule has 1 aromatic carbocycles. The predicted molar refractivity (Wildman–Crippen MR) is 71.3 cm³/mol. The van der Waals surface area contributed by atoms with Crippen LogP contribution in [0.15, 0.2) is 30.3 Å². The molecule has 0 radical (unpaired) electrons. The van der Waals surface area contributed by atoms with E-state index in [0.29, 0.717) is 0 Å². The summed E-state index contributed by atoms with van der Waals surface area (Å²) < 4.78 is 0. The molecule has 0 aliphatic carbocycles. The van der Waals surface area contributed by atoms with E-state index in [-0.39, 0.29) is 31.3 Å². The summed E-state index contributed by atoms with van der Waals surface area (Å²) in [4.78, 5) is 2.27. The molecule has 1 aliphatic heterocycles. The Morgan fingerprint density at radius 3 is 2.61 bits per heavy atom. The van der Waals surface area contributed by atoms with Crippen molar-refractivity contribution < 1.29 is 10.2 Å². The standard InChI is InChI=1S/C14H22N2O2/c1-11(12-5-3-2-4-6-12)16-8-13(9-17)15-7-14(16)10-18/h2-6,11,13-15,17-18H,7-10H2,1H3. The van der Waals surface area contributed by atoms with E-state index in [0.717, 1.165) is 13.1 Å². The molecule has 2 rings (SSSR count). The highest BCUT2D eigenvalue weighted by Crippen LogP contribution is 2.24. The minimum Gasteiger partial charge on any atom is -0.395 e. The normalized spacial score (nSPS) is 27.1. The summed E-state index contributed by atoms with van der Waals surface area (Å²) in [6.07, 6.45) is 0. The third kappa shape index (κ3) is 2.90. The summed E-state index contributed by atoms with van der Waals surface area (Å²) in [5, 5.41) is 22.0. The molecule has 18 heavy (non-hydrogen) atoms. The van der Waals surface area contributed by atoms with Crippen molar-refractivity contribution in [3.63, 3.8) is 0 Å². The van der Waals surface area contributed by atoms with Gasteiger partial charge in [0, 0.05) is 31.2 Å². The van der Waals surface area contributed by atoms with Crippen LogP contribution >= 0.6 is 0 Å². The van der Waals surface area contributed by atoms with Crippen molar-refractivity contribution in [2.24, 2.45) is 0 Å². The lowest BCUT2D eigenvalue weighted by molar-refractivity contribution is 0.0373. The van der Waals surface area contributed by atoms with Crippen LogP contribution < -0.4 is 5.32 Å². The fourth-order valence-corrected chi connectivity index (χ4v) is 2.58. The maximum Gasteiger partial charge on any atom is 0.0599 e. The summed E-state index contributed by atoms with van der Waals surface area (Å²) in [7, 11) is 0. The van der Waals surface area contributed by atoms with Crippen LogP contribution in [0.3, 0.4) is 0 Å². The first-order valence-electron chi connectivity index (χ1n) is 6.52. The molecular weight excluding hydrogens is 228 g/mol. The Hall–Kier alpha value is -0.940. The van der Waals surface area contributed by atoms with E-state index in [2.05, 4.69) is 29.3 Å². The third-order valence-electron chi connectivity index (χ3n) is 3.75. The Morgan fingerprint density at radius 1 is 1.28 bits per heavy atom. The Bertz CT molecular complexity index is 358. The van der Waals surface area contributed by atoms with Gasteiger partial charge >= 0.3 is 0 Å². The topological polar surface area (TPSA) is 55.7 Å². The van der Waals surface area contributed by atoms with Crippen LogP contribution in [0.2, 0.25) is 0 Å². The molecule has 1 aliphatic rings. The van der Waals surface area contributed by atoms with Gasteiger partial charge < -0.3 is 15.5 Å². The summed E-state index contributed by atoms with van der Waals surface area (Å²) >= 11 is 0. The number of piperazine rings is 1. The number of hydrogen-bond donors (Lipinski definition) is 3. The monoisotopic (exact) mass is 250 g/mol. The molecular formula is C14H22N2O2. The Balaban J connectivity index is 2.12. The second-order valence-corrected chi connectivity index (χ2v) is 4.91. The molecule has 0 bridgehead atoms. The number of aliphatic hydroxyl groups excluding tert-OH is 2. The molecule has 3 unspecified atom stereocenters. The fourth-order valence-electron chi connectivity index (χ4n) is 2.58. The van der Waals surface area contributed by atoms with E-state index in [1.165, 1.54) is 5.56 Å². The lowest BCUT2D eigenvalue weighted by Gasteiger charge is -2.42. The molecule has 100 valence electrons. The van der Waals surface area contributed by atoms with Crippen LogP contribution in [0.1, 0.15) is 18.5 Å². The first kappa shape index (κ1) is 13.5. The Kier molecular flexibility index (Phi) is 4.72. The van der Waals surface area contributed by atoms with Gasteiger partial charge in [-0.2, -0.15) is 0 Å². The Labute approximate surface area is 108 Å². The minimum atomic E-state index is 0.0963. The minimum absolute atomic E-state index is 0.0963. The molecule has 0 amide bonds. The third-order valence-corrected chi connectivity index (χ3v) is 3.75. The highest BCUT2D eigenvalue weighted by Gasteiger charge is 2.30. The van der Waals surface area contributed by atoms with Crippen LogP contribution in [-0.2, 0) is 0 Å².